The fraction of sp³-hybridized carbons (Fsp3) is 0.478. The molecule has 0 spiro atoms. The SMILES string of the molecule is COc1cc(OC)nc(C2CCN(C(=O)c3ccccc3NC(=O)C(C)(C)C)CC2)n1. The van der Waals surface area contributed by atoms with Gasteiger partial charge in [0.2, 0.25) is 17.7 Å². The highest BCUT2D eigenvalue weighted by atomic mass is 16.5. The summed E-state index contributed by atoms with van der Waals surface area (Å²) >= 11 is 0. The summed E-state index contributed by atoms with van der Waals surface area (Å²) in [6.07, 6.45) is 1.47. The maximum atomic E-state index is 13.2. The lowest BCUT2D eigenvalue weighted by atomic mass is 9.94. The van der Waals surface area contributed by atoms with Gasteiger partial charge in [-0.3, -0.25) is 9.59 Å². The highest BCUT2D eigenvalue weighted by Crippen LogP contribution is 2.30. The fourth-order valence-electron chi connectivity index (χ4n) is 3.41. The van der Waals surface area contributed by atoms with Crippen LogP contribution in [0.2, 0.25) is 0 Å². The Morgan fingerprint density at radius 1 is 1.03 bits per heavy atom. The smallest absolute Gasteiger partial charge is 0.255 e. The number of hydrogen-bond acceptors (Lipinski definition) is 6. The highest BCUT2D eigenvalue weighted by Gasteiger charge is 2.29. The Morgan fingerprint density at radius 2 is 1.61 bits per heavy atom. The van der Waals surface area contributed by atoms with Crippen LogP contribution in [0, 0.1) is 5.41 Å². The molecule has 0 aliphatic carbocycles. The van der Waals surface area contributed by atoms with Crippen molar-refractivity contribution < 1.29 is 19.1 Å². The zero-order chi connectivity index (χ0) is 22.6. The number of hydrogen-bond donors (Lipinski definition) is 1. The minimum atomic E-state index is -0.549. The second kappa shape index (κ2) is 9.32. The summed E-state index contributed by atoms with van der Waals surface area (Å²) in [5.41, 5.74) is 0.486. The summed E-state index contributed by atoms with van der Waals surface area (Å²) in [7, 11) is 3.12. The molecule has 0 saturated carbocycles. The van der Waals surface area contributed by atoms with E-state index in [1.165, 1.54) is 0 Å². The van der Waals surface area contributed by atoms with Gasteiger partial charge < -0.3 is 19.7 Å². The number of nitrogens with zero attached hydrogens (tertiary/aromatic N) is 3. The molecule has 1 aromatic heterocycles. The number of amides is 2. The number of likely N-dealkylation sites (tertiary alicyclic amines) is 1. The lowest BCUT2D eigenvalue weighted by Crippen LogP contribution is -2.39. The first kappa shape index (κ1) is 22.5. The molecule has 1 aliphatic rings. The van der Waals surface area contributed by atoms with E-state index in [9.17, 15) is 9.59 Å². The summed E-state index contributed by atoms with van der Waals surface area (Å²) in [4.78, 5) is 36.3. The van der Waals surface area contributed by atoms with Crippen LogP contribution in [0.4, 0.5) is 5.69 Å². The molecule has 1 N–H and O–H groups in total. The first-order valence-corrected chi connectivity index (χ1v) is 10.4. The first-order valence-electron chi connectivity index (χ1n) is 10.4. The molecule has 0 bridgehead atoms. The molecule has 2 aromatic rings. The van der Waals surface area contributed by atoms with Gasteiger partial charge in [-0.1, -0.05) is 32.9 Å². The van der Waals surface area contributed by atoms with E-state index in [0.717, 1.165) is 12.8 Å². The van der Waals surface area contributed by atoms with Crippen molar-refractivity contribution in [2.24, 2.45) is 5.41 Å². The second-order valence-corrected chi connectivity index (χ2v) is 8.63. The molecule has 0 radical (unpaired) electrons. The number of piperidine rings is 1. The zero-order valence-electron chi connectivity index (χ0n) is 18.8. The Balaban J connectivity index is 1.71. The number of anilines is 1. The van der Waals surface area contributed by atoms with Crippen molar-refractivity contribution in [1.29, 1.82) is 0 Å². The van der Waals surface area contributed by atoms with Crippen molar-refractivity contribution in [3.63, 3.8) is 0 Å². The van der Waals surface area contributed by atoms with Gasteiger partial charge in [0.25, 0.3) is 5.91 Å². The van der Waals surface area contributed by atoms with Crippen LogP contribution in [0.3, 0.4) is 0 Å². The van der Waals surface area contributed by atoms with E-state index in [4.69, 9.17) is 9.47 Å². The maximum Gasteiger partial charge on any atom is 0.255 e. The molecule has 1 aromatic carbocycles. The zero-order valence-corrected chi connectivity index (χ0v) is 18.8. The van der Waals surface area contributed by atoms with Crippen molar-refractivity contribution in [1.82, 2.24) is 14.9 Å². The van der Waals surface area contributed by atoms with Gasteiger partial charge >= 0.3 is 0 Å². The van der Waals surface area contributed by atoms with E-state index in [1.807, 2.05) is 37.8 Å². The number of aromatic nitrogens is 2. The molecule has 0 atom stereocenters. The first-order chi connectivity index (χ1) is 14.7. The molecular weight excluding hydrogens is 396 g/mol. The minimum Gasteiger partial charge on any atom is -0.481 e. The van der Waals surface area contributed by atoms with E-state index in [-0.39, 0.29) is 17.7 Å². The van der Waals surface area contributed by atoms with E-state index < -0.39 is 5.41 Å². The number of methoxy groups -OCH3 is 2. The molecule has 166 valence electrons. The van der Waals surface area contributed by atoms with Crippen LogP contribution in [0.15, 0.2) is 30.3 Å². The average Bonchev–Trinajstić information content (AvgIpc) is 2.78. The van der Waals surface area contributed by atoms with Crippen LogP contribution in [-0.4, -0.2) is 54.0 Å². The molecular formula is C23H30N4O4. The summed E-state index contributed by atoms with van der Waals surface area (Å²) < 4.78 is 10.5. The minimum absolute atomic E-state index is 0.0904. The van der Waals surface area contributed by atoms with E-state index in [2.05, 4.69) is 15.3 Å². The summed E-state index contributed by atoms with van der Waals surface area (Å²) in [6.45, 7) is 6.68. The van der Waals surface area contributed by atoms with E-state index in [1.54, 1.807) is 32.4 Å². The van der Waals surface area contributed by atoms with Crippen molar-refractivity contribution in [2.45, 2.75) is 39.5 Å². The Kier molecular flexibility index (Phi) is 6.77. The van der Waals surface area contributed by atoms with Crippen molar-refractivity contribution in [2.75, 3.05) is 32.6 Å². The van der Waals surface area contributed by atoms with Crippen LogP contribution >= 0.6 is 0 Å². The molecule has 1 fully saturated rings. The van der Waals surface area contributed by atoms with Crippen molar-refractivity contribution in [3.8, 4) is 11.8 Å². The van der Waals surface area contributed by atoms with Gasteiger partial charge in [0, 0.05) is 24.4 Å². The van der Waals surface area contributed by atoms with Gasteiger partial charge in [-0.05, 0) is 25.0 Å². The Bertz CT molecular complexity index is 925. The van der Waals surface area contributed by atoms with Gasteiger partial charge in [0.1, 0.15) is 5.82 Å². The van der Waals surface area contributed by atoms with Crippen LogP contribution in [0.1, 0.15) is 55.7 Å². The number of carbonyl (C=O) groups excluding carboxylic acids is 2. The third-order valence-electron chi connectivity index (χ3n) is 5.35. The molecule has 8 heteroatoms. The Labute approximate surface area is 183 Å². The van der Waals surface area contributed by atoms with Gasteiger partial charge in [0.05, 0.1) is 31.5 Å². The number of nitrogens with one attached hydrogen (secondary N) is 1. The third kappa shape index (κ3) is 5.31. The fourth-order valence-corrected chi connectivity index (χ4v) is 3.41. The molecule has 0 unspecified atom stereocenters. The number of para-hydroxylation sites is 1. The topological polar surface area (TPSA) is 93.7 Å². The molecule has 2 amide bonds. The molecule has 3 rings (SSSR count). The number of carbonyl (C=O) groups is 2. The Morgan fingerprint density at radius 3 is 2.16 bits per heavy atom. The standard InChI is InChI=1S/C23H30N4O4/c1-23(2,3)22(29)24-17-9-7-6-8-16(17)21(28)27-12-10-15(11-13-27)20-25-18(30-4)14-19(26-20)31-5/h6-9,14-15H,10-13H2,1-5H3,(H,24,29). The van der Waals surface area contributed by atoms with Gasteiger partial charge in [0.15, 0.2) is 0 Å². The van der Waals surface area contributed by atoms with Crippen molar-refractivity contribution >= 4 is 17.5 Å². The van der Waals surface area contributed by atoms with Crippen molar-refractivity contribution in [3.05, 3.63) is 41.7 Å². The van der Waals surface area contributed by atoms with Gasteiger partial charge in [-0.25, -0.2) is 0 Å². The number of rotatable bonds is 5. The van der Waals surface area contributed by atoms with Crippen LogP contribution in [0.25, 0.3) is 0 Å². The van der Waals surface area contributed by atoms with E-state index >= 15 is 0 Å². The van der Waals surface area contributed by atoms with Crippen LogP contribution in [0.5, 0.6) is 11.8 Å². The lowest BCUT2D eigenvalue weighted by Gasteiger charge is -2.32. The molecule has 1 saturated heterocycles. The molecule has 8 nitrogen and oxygen atoms in total. The molecule has 31 heavy (non-hydrogen) atoms. The van der Waals surface area contributed by atoms with Gasteiger partial charge in [-0.15, -0.1) is 0 Å². The predicted octanol–water partition coefficient (Wildman–Crippen LogP) is 3.50. The summed E-state index contributed by atoms with van der Waals surface area (Å²) in [5.74, 6) is 1.49. The lowest BCUT2D eigenvalue weighted by molar-refractivity contribution is -0.123. The summed E-state index contributed by atoms with van der Waals surface area (Å²) in [5, 5.41) is 2.90. The largest absolute Gasteiger partial charge is 0.481 e. The summed E-state index contributed by atoms with van der Waals surface area (Å²) in [6, 6.07) is 8.78. The second-order valence-electron chi connectivity index (χ2n) is 8.63. The predicted molar refractivity (Wildman–Crippen MR) is 118 cm³/mol. The highest BCUT2D eigenvalue weighted by molar-refractivity contribution is 6.04. The average molecular weight is 427 g/mol. The third-order valence-corrected chi connectivity index (χ3v) is 5.35. The number of benzene rings is 1. The number of ether oxygens (including phenoxy) is 2. The maximum absolute atomic E-state index is 13.2. The normalized spacial score (nSPS) is 14.8. The molecule has 1 aliphatic heterocycles. The monoisotopic (exact) mass is 426 g/mol. The van der Waals surface area contributed by atoms with Gasteiger partial charge in [-0.2, -0.15) is 9.97 Å². The quantitative estimate of drug-likeness (QED) is 0.787. The Hall–Kier alpha value is -3.16. The van der Waals surface area contributed by atoms with E-state index in [0.29, 0.717) is 41.9 Å². The molecule has 2 heterocycles. The van der Waals surface area contributed by atoms with Crippen LogP contribution < -0.4 is 14.8 Å². The van der Waals surface area contributed by atoms with Crippen LogP contribution in [-0.2, 0) is 4.79 Å².